The molecule has 0 aromatic carbocycles. The fraction of sp³-hybridized carbons (Fsp3) is 0.583. The molecule has 134 valence electrons. The summed E-state index contributed by atoms with van der Waals surface area (Å²) in [5.74, 6) is -0.520. The van der Waals surface area contributed by atoms with Crippen LogP contribution in [-0.2, 0) is 30.6 Å². The number of carbonyl (C=O) groups excluding carboxylic acids is 1. The highest BCUT2D eigenvalue weighted by molar-refractivity contribution is 8.59. The number of aryl methyl sites for hydroxylation is 1. The number of ether oxygens (including phenoxy) is 2. The van der Waals surface area contributed by atoms with Crippen molar-refractivity contribution in [2.45, 2.75) is 38.7 Å². The average molecular weight is 396 g/mol. The fourth-order valence-corrected chi connectivity index (χ4v) is 3.05. The van der Waals surface area contributed by atoms with Gasteiger partial charge in [0.25, 0.3) is 5.56 Å². The normalized spacial score (nSPS) is 26.1. The van der Waals surface area contributed by atoms with Gasteiger partial charge in [-0.25, -0.2) is 4.79 Å². The lowest BCUT2D eigenvalue weighted by Crippen LogP contribution is -2.33. The van der Waals surface area contributed by atoms with Gasteiger partial charge in [-0.1, -0.05) is 12.2 Å². The maximum Gasteiger partial charge on any atom is 0.330 e. The van der Waals surface area contributed by atoms with Crippen LogP contribution in [0.15, 0.2) is 15.8 Å². The largest absolute Gasteiger partial charge is 0.460 e. The Morgan fingerprint density at radius 2 is 2.29 bits per heavy atom. The Kier molecular flexibility index (Phi) is 6.05. The predicted molar refractivity (Wildman–Crippen MR) is 91.6 cm³/mol. The molecule has 1 fully saturated rings. The molecule has 12 heteroatoms. The molecule has 4 atom stereocenters. The SMILES string of the molecule is CC(=O)O[C@H]1C[C@H](n2cc(C)c(=O)[nH]c2=O)O[C@@H]1COP(O)(=S)S. The van der Waals surface area contributed by atoms with Crippen LogP contribution in [0.2, 0.25) is 0 Å². The van der Waals surface area contributed by atoms with E-state index in [1.54, 1.807) is 6.92 Å². The molecule has 2 N–H and O–H groups in total. The molecule has 1 aromatic rings. The van der Waals surface area contributed by atoms with E-state index in [1.807, 2.05) is 0 Å². The number of H-pyrrole nitrogens is 1. The first-order valence-electron chi connectivity index (χ1n) is 6.91. The summed E-state index contributed by atoms with van der Waals surface area (Å²) in [7, 11) is 0. The van der Waals surface area contributed by atoms with Gasteiger partial charge in [-0.2, -0.15) is 0 Å². The summed E-state index contributed by atoms with van der Waals surface area (Å²) in [5, 5.41) is 0. The van der Waals surface area contributed by atoms with Gasteiger partial charge in [0.2, 0.25) is 5.69 Å². The van der Waals surface area contributed by atoms with Gasteiger partial charge in [0, 0.05) is 25.1 Å². The Morgan fingerprint density at radius 1 is 1.62 bits per heavy atom. The van der Waals surface area contributed by atoms with Crippen molar-refractivity contribution in [3.63, 3.8) is 0 Å². The van der Waals surface area contributed by atoms with Gasteiger partial charge in [-0.15, -0.1) is 0 Å². The summed E-state index contributed by atoms with van der Waals surface area (Å²) in [5.41, 5.74) is -3.99. The maximum atomic E-state index is 12.0. The average Bonchev–Trinajstić information content (AvgIpc) is 2.82. The van der Waals surface area contributed by atoms with Gasteiger partial charge in [0.05, 0.1) is 6.61 Å². The minimum absolute atomic E-state index is 0.150. The molecule has 0 aliphatic carbocycles. The topological polar surface area (TPSA) is 120 Å². The highest BCUT2D eigenvalue weighted by atomic mass is 32.9. The zero-order valence-corrected chi connectivity index (χ0v) is 15.5. The van der Waals surface area contributed by atoms with Crippen LogP contribution in [0.25, 0.3) is 0 Å². The van der Waals surface area contributed by atoms with Crippen LogP contribution in [-0.4, -0.2) is 39.2 Å². The molecular formula is C12H17N2O7PS2. The Labute approximate surface area is 147 Å². The van der Waals surface area contributed by atoms with Gasteiger partial charge < -0.3 is 18.9 Å². The number of aromatic nitrogens is 2. The third kappa shape index (κ3) is 5.01. The monoisotopic (exact) mass is 396 g/mol. The Hall–Kier alpha value is -0.970. The van der Waals surface area contributed by atoms with Crippen molar-refractivity contribution in [1.29, 1.82) is 0 Å². The van der Waals surface area contributed by atoms with E-state index in [4.69, 9.17) is 14.0 Å². The second kappa shape index (κ2) is 7.51. The summed E-state index contributed by atoms with van der Waals surface area (Å²) in [6.07, 6.45) is -0.641. The number of carbonyl (C=O) groups is 1. The van der Waals surface area contributed by atoms with E-state index in [-0.39, 0.29) is 13.0 Å². The Balaban J connectivity index is 2.23. The number of hydrogen-bond acceptors (Lipinski definition) is 7. The molecular weight excluding hydrogens is 379 g/mol. The fourth-order valence-electron chi connectivity index (χ4n) is 2.33. The highest BCUT2D eigenvalue weighted by Crippen LogP contribution is 2.48. The van der Waals surface area contributed by atoms with E-state index in [9.17, 15) is 19.3 Å². The van der Waals surface area contributed by atoms with Crippen LogP contribution in [0, 0.1) is 6.92 Å². The zero-order chi connectivity index (χ0) is 18.1. The number of aromatic amines is 1. The van der Waals surface area contributed by atoms with Crippen molar-refractivity contribution in [3.05, 3.63) is 32.6 Å². The van der Waals surface area contributed by atoms with E-state index in [2.05, 4.69) is 29.0 Å². The molecule has 0 bridgehead atoms. The Bertz CT molecular complexity index is 786. The summed E-state index contributed by atoms with van der Waals surface area (Å²) in [6.45, 7) is 2.65. The molecule has 24 heavy (non-hydrogen) atoms. The van der Waals surface area contributed by atoms with Crippen molar-refractivity contribution >= 4 is 35.7 Å². The van der Waals surface area contributed by atoms with Gasteiger partial charge in [0.15, 0.2) is 0 Å². The summed E-state index contributed by atoms with van der Waals surface area (Å²) < 4.78 is 17.2. The number of thiol groups is 1. The number of nitrogens with one attached hydrogen (secondary N) is 1. The summed E-state index contributed by atoms with van der Waals surface area (Å²) >= 11 is 8.43. The van der Waals surface area contributed by atoms with Crippen molar-refractivity contribution in [2.24, 2.45) is 0 Å². The molecule has 2 heterocycles. The third-order valence-electron chi connectivity index (χ3n) is 3.36. The van der Waals surface area contributed by atoms with Gasteiger partial charge >= 0.3 is 11.7 Å². The lowest BCUT2D eigenvalue weighted by Gasteiger charge is -2.19. The molecule has 0 saturated carbocycles. The zero-order valence-electron chi connectivity index (χ0n) is 12.9. The number of rotatable bonds is 5. The number of hydrogen-bond donors (Lipinski definition) is 3. The quantitative estimate of drug-likeness (QED) is 0.368. The minimum Gasteiger partial charge on any atom is -0.460 e. The summed E-state index contributed by atoms with van der Waals surface area (Å²) in [4.78, 5) is 46.3. The first-order valence-corrected chi connectivity index (χ1v) is 10.7. The van der Waals surface area contributed by atoms with E-state index in [0.29, 0.717) is 5.56 Å². The van der Waals surface area contributed by atoms with Gasteiger partial charge in [-0.05, 0) is 18.7 Å². The minimum atomic E-state index is -3.20. The maximum absolute atomic E-state index is 12.0. The van der Waals surface area contributed by atoms with E-state index in [1.165, 1.54) is 17.7 Å². The lowest BCUT2D eigenvalue weighted by molar-refractivity contribution is -0.150. The van der Waals surface area contributed by atoms with Crippen LogP contribution in [0.1, 0.15) is 25.1 Å². The second-order valence-corrected chi connectivity index (χ2v) is 10.4. The van der Waals surface area contributed by atoms with Crippen LogP contribution in [0.4, 0.5) is 0 Å². The van der Waals surface area contributed by atoms with Gasteiger partial charge in [0.1, 0.15) is 18.4 Å². The van der Waals surface area contributed by atoms with Crippen LogP contribution in [0.3, 0.4) is 0 Å². The molecule has 1 unspecified atom stereocenters. The molecule has 1 aliphatic heterocycles. The van der Waals surface area contributed by atoms with Crippen molar-refractivity contribution in [2.75, 3.05) is 6.61 Å². The molecule has 1 aromatic heterocycles. The first kappa shape index (κ1) is 19.4. The van der Waals surface area contributed by atoms with Crippen LogP contribution < -0.4 is 11.2 Å². The Morgan fingerprint density at radius 3 is 2.88 bits per heavy atom. The smallest absolute Gasteiger partial charge is 0.330 e. The summed E-state index contributed by atoms with van der Waals surface area (Å²) in [6, 6.07) is 0. The second-order valence-electron chi connectivity index (χ2n) is 5.28. The molecule has 1 aliphatic rings. The molecule has 1 saturated heterocycles. The number of esters is 1. The van der Waals surface area contributed by atoms with Crippen LogP contribution >= 0.6 is 17.9 Å². The standard InChI is InChI=1S/C12H17N2O7PS2/c1-6-4-14(12(17)13-11(6)16)10-3-8(20-7(2)15)9(21-10)5-19-22(18,23)24/h4,8-10H,3,5H2,1-2H3,(H,13,16,17)(H2,18,23,24)/t8-,9+,10+/m0/s1. The van der Waals surface area contributed by atoms with E-state index in [0.717, 1.165) is 0 Å². The van der Waals surface area contributed by atoms with Crippen LogP contribution in [0.5, 0.6) is 0 Å². The first-order chi connectivity index (χ1) is 11.1. The number of nitrogens with zero attached hydrogens (tertiary/aromatic N) is 1. The van der Waals surface area contributed by atoms with E-state index >= 15 is 0 Å². The molecule has 9 nitrogen and oxygen atoms in total. The predicted octanol–water partition coefficient (Wildman–Crippen LogP) is 0.227. The van der Waals surface area contributed by atoms with Crippen molar-refractivity contribution in [3.8, 4) is 0 Å². The third-order valence-corrected chi connectivity index (χ3v) is 4.51. The van der Waals surface area contributed by atoms with Gasteiger partial charge in [-0.3, -0.25) is 19.1 Å². The van der Waals surface area contributed by atoms with E-state index < -0.39 is 41.3 Å². The molecule has 2 rings (SSSR count). The lowest BCUT2D eigenvalue weighted by atomic mass is 10.2. The van der Waals surface area contributed by atoms with Crippen molar-refractivity contribution in [1.82, 2.24) is 9.55 Å². The van der Waals surface area contributed by atoms with Crippen molar-refractivity contribution < 1.29 is 23.7 Å². The molecule has 0 amide bonds. The molecule has 0 spiro atoms. The molecule has 0 radical (unpaired) electrons. The highest BCUT2D eigenvalue weighted by Gasteiger charge is 2.39.